The second-order valence-electron chi connectivity index (χ2n) is 15.6. The molecule has 0 N–H and O–H groups in total. The zero-order valence-electron chi connectivity index (χ0n) is 31.8. The van der Waals surface area contributed by atoms with E-state index in [4.69, 9.17) is 0 Å². The minimum absolute atomic E-state index is 0.0209. The first-order chi connectivity index (χ1) is 28.8. The van der Waals surface area contributed by atoms with Crippen LogP contribution in [0, 0.1) is 0 Å². The Morgan fingerprint density at radius 2 is 1.02 bits per heavy atom. The van der Waals surface area contributed by atoms with Gasteiger partial charge >= 0.3 is 0 Å². The van der Waals surface area contributed by atoms with E-state index in [0.717, 1.165) is 5.69 Å². The molecule has 12 rings (SSSR count). The van der Waals surface area contributed by atoms with Gasteiger partial charge in [-0.2, -0.15) is 0 Å². The topological polar surface area (TPSA) is 8.17 Å². The van der Waals surface area contributed by atoms with Gasteiger partial charge in [-0.25, -0.2) is 0 Å². The van der Waals surface area contributed by atoms with Crippen molar-refractivity contribution in [2.45, 2.75) is 0 Å². The second kappa shape index (κ2) is 13.0. The molecule has 0 saturated carbocycles. The molecule has 0 atom stereocenters. The second-order valence-corrected chi connectivity index (χ2v) is 19.3. The molecule has 2 aliphatic heterocycles. The molecule has 270 valence electrons. The largest absolute Gasteiger partial charge is 0.312 e. The number of rotatable bonds is 5. The van der Waals surface area contributed by atoms with Crippen molar-refractivity contribution in [1.82, 2.24) is 4.57 Å². The van der Waals surface area contributed by atoms with E-state index in [2.05, 4.69) is 234 Å². The van der Waals surface area contributed by atoms with Crippen molar-refractivity contribution >= 4 is 90.8 Å². The fourth-order valence-corrected chi connectivity index (χ4v) is 15.6. The number of benzene rings is 9. The number of hydrogen-bond acceptors (Lipinski definition) is 1. The van der Waals surface area contributed by atoms with Crippen LogP contribution in [-0.2, 0) is 0 Å². The molecular weight excluding hydrogens is 716 g/mol. The number of fused-ring (bicyclic) bond motifs is 7. The van der Waals surface area contributed by atoms with Gasteiger partial charge in [0.2, 0.25) is 6.71 Å². The van der Waals surface area contributed by atoms with Gasteiger partial charge in [0.25, 0.3) is 0 Å². The molecule has 3 heterocycles. The van der Waals surface area contributed by atoms with Crippen LogP contribution in [0.2, 0.25) is 0 Å². The Balaban J connectivity index is 1.18. The molecule has 0 aliphatic carbocycles. The molecule has 4 heteroatoms. The Morgan fingerprint density at radius 1 is 0.414 bits per heavy atom. The predicted octanol–water partition coefficient (Wildman–Crippen LogP) is 8.44. The summed E-state index contributed by atoms with van der Waals surface area (Å²) in [6.07, 6.45) is 0. The minimum Gasteiger partial charge on any atom is -0.312 e. The van der Waals surface area contributed by atoms with Crippen molar-refractivity contribution < 1.29 is 0 Å². The fourth-order valence-electron chi connectivity index (χ4n) is 10.4. The summed E-state index contributed by atoms with van der Waals surface area (Å²) in [6, 6.07) is 84.0. The number of hydrogen-bond donors (Lipinski definition) is 0. The van der Waals surface area contributed by atoms with Crippen molar-refractivity contribution in [3.63, 3.8) is 0 Å². The van der Waals surface area contributed by atoms with Gasteiger partial charge < -0.3 is 9.47 Å². The lowest BCUT2D eigenvalue weighted by molar-refractivity contribution is 1.18. The van der Waals surface area contributed by atoms with Crippen molar-refractivity contribution in [3.8, 4) is 16.8 Å². The van der Waals surface area contributed by atoms with E-state index in [1.807, 2.05) is 0 Å². The summed E-state index contributed by atoms with van der Waals surface area (Å²) in [5, 5.41) is 8.18. The van der Waals surface area contributed by atoms with Gasteiger partial charge in [0.1, 0.15) is 0 Å². The SMILES string of the molecule is c1ccc(B2c3cc(-n4c5ccccc5c5cccc(-c6ccccc6)c54)ccc3N3c4ccccc4[Si](c4ccccc4)(c4ccccc4)c4cccc2c43)cc1. The van der Waals surface area contributed by atoms with E-state index in [-0.39, 0.29) is 6.71 Å². The summed E-state index contributed by atoms with van der Waals surface area (Å²) < 4.78 is 2.51. The maximum Gasteiger partial charge on any atom is 0.246 e. The summed E-state index contributed by atoms with van der Waals surface area (Å²) >= 11 is 0. The molecule has 0 amide bonds. The lowest BCUT2D eigenvalue weighted by atomic mass is 9.35. The molecule has 0 radical (unpaired) electrons. The molecular formula is C54H37BN2Si. The quantitative estimate of drug-likeness (QED) is 0.160. The molecule has 0 bridgehead atoms. The highest BCUT2D eigenvalue weighted by Gasteiger charge is 2.51. The third-order valence-electron chi connectivity index (χ3n) is 12.7. The van der Waals surface area contributed by atoms with Crippen LogP contribution in [0.3, 0.4) is 0 Å². The highest BCUT2D eigenvalue weighted by molar-refractivity contribution is 7.22. The average molecular weight is 753 g/mol. The Labute approximate surface area is 340 Å². The van der Waals surface area contributed by atoms with Gasteiger partial charge in [-0.3, -0.25) is 0 Å². The molecule has 2 nitrogen and oxygen atoms in total. The lowest BCUT2D eigenvalue weighted by Gasteiger charge is -2.49. The van der Waals surface area contributed by atoms with Crippen LogP contribution in [-0.4, -0.2) is 19.4 Å². The Bertz CT molecular complexity index is 3140. The summed E-state index contributed by atoms with van der Waals surface area (Å²) in [4.78, 5) is 2.61. The van der Waals surface area contributed by atoms with Crippen LogP contribution in [0.25, 0.3) is 38.6 Å². The molecule has 1 aromatic heterocycles. The van der Waals surface area contributed by atoms with Crippen molar-refractivity contribution in [2.24, 2.45) is 0 Å². The number of para-hydroxylation sites is 4. The summed E-state index contributed by atoms with van der Waals surface area (Å²) in [5.74, 6) is 0. The number of aromatic nitrogens is 1. The number of anilines is 3. The first-order valence-electron chi connectivity index (χ1n) is 20.2. The molecule has 10 aromatic rings. The van der Waals surface area contributed by atoms with E-state index < -0.39 is 8.07 Å². The van der Waals surface area contributed by atoms with Crippen LogP contribution < -0.4 is 42.0 Å². The lowest BCUT2D eigenvalue weighted by Crippen LogP contribution is -2.78. The van der Waals surface area contributed by atoms with Crippen molar-refractivity contribution in [2.75, 3.05) is 4.90 Å². The summed E-state index contributed by atoms with van der Waals surface area (Å²) in [6.45, 7) is 0.0209. The molecule has 0 fully saturated rings. The van der Waals surface area contributed by atoms with Gasteiger partial charge in [0.15, 0.2) is 8.07 Å². The fraction of sp³-hybridized carbons (Fsp3) is 0. The predicted molar refractivity (Wildman–Crippen MR) is 249 cm³/mol. The molecule has 0 saturated heterocycles. The third-order valence-corrected chi connectivity index (χ3v) is 17.5. The third kappa shape index (κ3) is 4.61. The average Bonchev–Trinajstić information content (AvgIpc) is 3.65. The molecule has 9 aromatic carbocycles. The summed E-state index contributed by atoms with van der Waals surface area (Å²) in [5.41, 5.74) is 13.8. The first kappa shape index (κ1) is 33.0. The van der Waals surface area contributed by atoms with E-state index in [9.17, 15) is 0 Å². The maximum absolute atomic E-state index is 2.78. The highest BCUT2D eigenvalue weighted by Crippen LogP contribution is 2.42. The highest BCUT2D eigenvalue weighted by atomic mass is 28.3. The van der Waals surface area contributed by atoms with Crippen LogP contribution >= 0.6 is 0 Å². The zero-order valence-corrected chi connectivity index (χ0v) is 32.8. The number of nitrogens with zero attached hydrogens (tertiary/aromatic N) is 2. The Kier molecular flexibility index (Phi) is 7.38. The van der Waals surface area contributed by atoms with E-state index in [0.29, 0.717) is 0 Å². The standard InChI is InChI=1S/C54H37BN2Si/c1-5-19-38(20-6-1)43-28-17-29-45-44-27-13-14-31-48(44)56(53(43)45)40-35-36-49-47(37-40)55(39-21-7-2-8-22-39)46-30-18-34-52-54(46)57(49)50-32-15-16-33-51(50)58(52,41-23-9-3-10-24-41)42-25-11-4-12-26-42/h1-37H. The van der Waals surface area contributed by atoms with Gasteiger partial charge in [-0.15, -0.1) is 0 Å². The zero-order chi connectivity index (χ0) is 38.2. The first-order valence-corrected chi connectivity index (χ1v) is 22.2. The van der Waals surface area contributed by atoms with Gasteiger partial charge in [0, 0.05) is 39.1 Å². The summed E-state index contributed by atoms with van der Waals surface area (Å²) in [7, 11) is -2.78. The smallest absolute Gasteiger partial charge is 0.246 e. The minimum atomic E-state index is -2.78. The van der Waals surface area contributed by atoms with E-state index in [1.165, 1.54) is 87.1 Å². The van der Waals surface area contributed by atoms with Crippen LogP contribution in [0.1, 0.15) is 0 Å². The van der Waals surface area contributed by atoms with Gasteiger partial charge in [-0.1, -0.05) is 200 Å². The molecule has 2 aliphatic rings. The van der Waals surface area contributed by atoms with Crippen molar-refractivity contribution in [3.05, 3.63) is 224 Å². The van der Waals surface area contributed by atoms with Gasteiger partial charge in [0.05, 0.1) is 11.0 Å². The van der Waals surface area contributed by atoms with Crippen LogP contribution in [0.4, 0.5) is 17.1 Å². The maximum atomic E-state index is 2.61. The van der Waals surface area contributed by atoms with E-state index >= 15 is 0 Å². The molecule has 0 unspecified atom stereocenters. The van der Waals surface area contributed by atoms with E-state index in [1.54, 1.807) is 0 Å². The normalized spacial score (nSPS) is 13.6. The molecule has 0 spiro atoms. The molecule has 58 heavy (non-hydrogen) atoms. The monoisotopic (exact) mass is 752 g/mol. The van der Waals surface area contributed by atoms with Crippen LogP contribution in [0.5, 0.6) is 0 Å². The van der Waals surface area contributed by atoms with Gasteiger partial charge in [-0.05, 0) is 67.6 Å². The van der Waals surface area contributed by atoms with Crippen molar-refractivity contribution in [1.29, 1.82) is 0 Å². The Hall–Kier alpha value is -7.14. The Morgan fingerprint density at radius 3 is 1.78 bits per heavy atom. The van der Waals surface area contributed by atoms with Crippen LogP contribution in [0.15, 0.2) is 224 Å².